The molecule has 0 bridgehead atoms. The summed E-state index contributed by atoms with van der Waals surface area (Å²) < 4.78 is 1.78. The van der Waals surface area contributed by atoms with E-state index in [9.17, 15) is 0 Å². The lowest BCUT2D eigenvalue weighted by Gasteiger charge is -2.11. The summed E-state index contributed by atoms with van der Waals surface area (Å²) in [5, 5.41) is 3.33. The first kappa shape index (κ1) is 12.6. The largest absolute Gasteiger partial charge is 0.308 e. The summed E-state index contributed by atoms with van der Waals surface area (Å²) >= 11 is 12.9. The average Bonchev–Trinajstić information content (AvgIpc) is 2.77. The van der Waals surface area contributed by atoms with Crippen LogP contribution < -0.4 is 5.32 Å². The van der Waals surface area contributed by atoms with E-state index in [0.29, 0.717) is 0 Å². The van der Waals surface area contributed by atoms with Crippen molar-refractivity contribution < 1.29 is 0 Å². The van der Waals surface area contributed by atoms with E-state index in [-0.39, 0.29) is 6.04 Å². The van der Waals surface area contributed by atoms with Crippen LogP contribution in [-0.4, -0.2) is 7.05 Å². The van der Waals surface area contributed by atoms with Crippen LogP contribution >= 0.6 is 50.2 Å². The predicted molar refractivity (Wildman–Crippen MR) is 77.0 cm³/mol. The lowest BCUT2D eigenvalue weighted by atomic mass is 10.2. The maximum absolute atomic E-state index is 6.07. The van der Waals surface area contributed by atoms with E-state index >= 15 is 0 Å². The smallest absolute Gasteiger partial charge is 0.107 e. The van der Waals surface area contributed by atoms with E-state index in [0.717, 1.165) is 8.81 Å². The van der Waals surface area contributed by atoms with Crippen LogP contribution in [0.5, 0.6) is 0 Å². The van der Waals surface area contributed by atoms with Crippen LogP contribution in [0.4, 0.5) is 0 Å². The van der Waals surface area contributed by atoms with Gasteiger partial charge in [-0.05, 0) is 48.1 Å². The molecule has 0 amide bonds. The normalized spacial score (nSPS) is 13.0. The van der Waals surface area contributed by atoms with Crippen molar-refractivity contribution in [3.63, 3.8) is 0 Å². The first-order valence-electron chi connectivity index (χ1n) is 4.80. The van der Waals surface area contributed by atoms with E-state index < -0.39 is 0 Å². The molecule has 0 aliphatic heterocycles. The van der Waals surface area contributed by atoms with Gasteiger partial charge in [0.1, 0.15) is 4.34 Å². The second-order valence-electron chi connectivity index (χ2n) is 3.44. The molecule has 2 rings (SSSR count). The maximum Gasteiger partial charge on any atom is 0.107 e. The summed E-state index contributed by atoms with van der Waals surface area (Å²) in [6, 6.07) is 6.65. The van der Waals surface area contributed by atoms with Crippen molar-refractivity contribution in [1.82, 2.24) is 5.32 Å². The van der Waals surface area contributed by atoms with Crippen LogP contribution in [0.15, 0.2) is 22.7 Å². The van der Waals surface area contributed by atoms with Crippen LogP contribution in [0.3, 0.4) is 0 Å². The Labute approximate surface area is 117 Å². The Morgan fingerprint density at radius 2 is 2.06 bits per heavy atom. The molecule has 0 aliphatic rings. The minimum Gasteiger partial charge on any atom is -0.308 e. The third-order valence-electron chi connectivity index (χ3n) is 2.28. The highest BCUT2D eigenvalue weighted by Crippen LogP contribution is 2.38. The molecule has 0 radical (unpaired) electrons. The molecule has 1 atom stereocenters. The molecule has 0 aliphatic carbocycles. The lowest BCUT2D eigenvalue weighted by molar-refractivity contribution is 0.716. The lowest BCUT2D eigenvalue weighted by Crippen LogP contribution is -2.14. The van der Waals surface area contributed by atoms with Gasteiger partial charge in [-0.3, -0.25) is 0 Å². The Bertz CT molecular complexity index is 472. The maximum atomic E-state index is 6.07. The van der Waals surface area contributed by atoms with Gasteiger partial charge in [-0.25, -0.2) is 0 Å². The number of thiophene rings is 2. The van der Waals surface area contributed by atoms with Crippen molar-refractivity contribution in [2.24, 2.45) is 0 Å². The zero-order chi connectivity index (χ0) is 11.7. The number of rotatable bonds is 3. The van der Waals surface area contributed by atoms with Crippen LogP contribution in [-0.2, 0) is 0 Å². The summed E-state index contributed by atoms with van der Waals surface area (Å²) in [4.78, 5) is 3.89. The number of halogens is 2. The van der Waals surface area contributed by atoms with Gasteiger partial charge < -0.3 is 5.32 Å². The number of hydrogen-bond donors (Lipinski definition) is 1. The van der Waals surface area contributed by atoms with E-state index in [1.165, 1.54) is 14.6 Å². The zero-order valence-electron chi connectivity index (χ0n) is 8.88. The molecule has 0 fully saturated rings. The fourth-order valence-electron chi connectivity index (χ4n) is 1.54. The van der Waals surface area contributed by atoms with Crippen LogP contribution in [0.1, 0.15) is 20.7 Å². The van der Waals surface area contributed by atoms with Gasteiger partial charge in [0.05, 0.1) is 6.04 Å². The summed E-state index contributed by atoms with van der Waals surface area (Å²) in [5.74, 6) is 0. The van der Waals surface area contributed by atoms with Crippen molar-refractivity contribution in [2.75, 3.05) is 7.05 Å². The van der Waals surface area contributed by atoms with Crippen molar-refractivity contribution in [2.45, 2.75) is 13.0 Å². The summed E-state index contributed by atoms with van der Waals surface area (Å²) in [6.07, 6.45) is 0. The van der Waals surface area contributed by atoms with Crippen LogP contribution in [0.2, 0.25) is 4.34 Å². The highest BCUT2D eigenvalue weighted by atomic mass is 79.9. The molecular formula is C11H11BrClNS2. The molecule has 1 nitrogen and oxygen atoms in total. The third-order valence-corrected chi connectivity index (χ3v) is 5.89. The molecule has 86 valence electrons. The van der Waals surface area contributed by atoms with E-state index in [4.69, 9.17) is 11.6 Å². The SMILES string of the molecule is CNC(c1ccc(C)s1)c1cc(Br)c(Cl)s1. The van der Waals surface area contributed by atoms with Gasteiger partial charge in [0, 0.05) is 19.1 Å². The molecule has 0 saturated carbocycles. The summed E-state index contributed by atoms with van der Waals surface area (Å²) in [7, 11) is 1.97. The quantitative estimate of drug-likeness (QED) is 0.845. The highest BCUT2D eigenvalue weighted by molar-refractivity contribution is 9.10. The molecule has 2 heterocycles. The monoisotopic (exact) mass is 335 g/mol. The molecule has 2 aromatic heterocycles. The highest BCUT2D eigenvalue weighted by Gasteiger charge is 2.17. The fourth-order valence-corrected chi connectivity index (χ4v) is 4.49. The summed E-state index contributed by atoms with van der Waals surface area (Å²) in [6.45, 7) is 2.12. The van der Waals surface area contributed by atoms with E-state index in [1.54, 1.807) is 11.3 Å². The van der Waals surface area contributed by atoms with Gasteiger partial charge in [-0.1, -0.05) is 11.6 Å². The van der Waals surface area contributed by atoms with Crippen LogP contribution in [0, 0.1) is 6.92 Å². The van der Waals surface area contributed by atoms with E-state index in [1.807, 2.05) is 18.4 Å². The van der Waals surface area contributed by atoms with Crippen LogP contribution in [0.25, 0.3) is 0 Å². The van der Waals surface area contributed by atoms with Gasteiger partial charge in [0.15, 0.2) is 0 Å². The Hall–Kier alpha value is 0.130. The minimum absolute atomic E-state index is 0.243. The Morgan fingerprint density at radius 1 is 1.31 bits per heavy atom. The topological polar surface area (TPSA) is 12.0 Å². The van der Waals surface area contributed by atoms with E-state index in [2.05, 4.69) is 46.4 Å². The first-order valence-corrected chi connectivity index (χ1v) is 7.60. The molecule has 2 aromatic rings. The molecule has 1 N–H and O–H groups in total. The first-order chi connectivity index (χ1) is 7.61. The molecule has 5 heteroatoms. The van der Waals surface area contributed by atoms with Gasteiger partial charge in [0.2, 0.25) is 0 Å². The van der Waals surface area contributed by atoms with Gasteiger partial charge >= 0.3 is 0 Å². The Kier molecular flexibility index (Phi) is 4.08. The fraction of sp³-hybridized carbons (Fsp3) is 0.273. The minimum atomic E-state index is 0.243. The molecule has 0 spiro atoms. The molecule has 0 saturated heterocycles. The molecular weight excluding hydrogens is 326 g/mol. The Balaban J connectivity index is 2.36. The number of hydrogen-bond acceptors (Lipinski definition) is 3. The van der Waals surface area contributed by atoms with Crippen molar-refractivity contribution in [3.05, 3.63) is 41.6 Å². The number of nitrogens with one attached hydrogen (secondary N) is 1. The van der Waals surface area contributed by atoms with Crippen molar-refractivity contribution >= 4 is 50.2 Å². The summed E-state index contributed by atoms with van der Waals surface area (Å²) in [5.41, 5.74) is 0. The second kappa shape index (κ2) is 5.19. The second-order valence-corrected chi connectivity index (χ2v) is 7.30. The van der Waals surface area contributed by atoms with Crippen molar-refractivity contribution in [1.29, 1.82) is 0 Å². The molecule has 16 heavy (non-hydrogen) atoms. The standard InChI is InChI=1S/C11H11BrClNS2/c1-6-3-4-8(15-6)10(14-2)9-5-7(12)11(13)16-9/h3-5,10,14H,1-2H3. The molecule has 0 aromatic carbocycles. The van der Waals surface area contributed by atoms with Gasteiger partial charge in [0.25, 0.3) is 0 Å². The predicted octanol–water partition coefficient (Wildman–Crippen LogP) is 4.84. The van der Waals surface area contributed by atoms with Gasteiger partial charge in [-0.15, -0.1) is 22.7 Å². The molecule has 1 unspecified atom stereocenters. The Morgan fingerprint density at radius 3 is 2.50 bits per heavy atom. The van der Waals surface area contributed by atoms with Crippen molar-refractivity contribution in [3.8, 4) is 0 Å². The third kappa shape index (κ3) is 2.51. The zero-order valence-corrected chi connectivity index (χ0v) is 12.9. The average molecular weight is 337 g/mol. The number of aryl methyl sites for hydroxylation is 1. The van der Waals surface area contributed by atoms with Gasteiger partial charge in [-0.2, -0.15) is 0 Å².